The Hall–Kier alpha value is -2.35. The van der Waals surface area contributed by atoms with Gasteiger partial charge in [-0.25, -0.2) is 0 Å². The predicted molar refractivity (Wildman–Crippen MR) is 77.2 cm³/mol. The first kappa shape index (κ1) is 11.7. The van der Waals surface area contributed by atoms with E-state index in [1.54, 1.807) is 0 Å². The second kappa shape index (κ2) is 4.39. The molecule has 0 aromatic heterocycles. The molecule has 0 fully saturated rings. The quantitative estimate of drug-likeness (QED) is 0.486. The summed E-state index contributed by atoms with van der Waals surface area (Å²) in [7, 11) is 2.05. The van der Waals surface area contributed by atoms with Gasteiger partial charge in [-0.2, -0.15) is 0 Å². The number of aryl methyl sites for hydroxylation is 2. The predicted octanol–water partition coefficient (Wildman–Crippen LogP) is 3.16. The number of pyridine rings is 1. The normalized spacial score (nSPS) is 10.8. The minimum atomic E-state index is 1.04. The minimum Gasteiger partial charge on any atom is -0.298 e. The van der Waals surface area contributed by atoms with Crippen LogP contribution in [-0.4, -0.2) is 4.57 Å². The first-order valence-electron chi connectivity index (χ1n) is 6.33. The minimum absolute atomic E-state index is 1.04. The molecule has 2 aliphatic heterocycles. The second-order valence-corrected chi connectivity index (χ2v) is 4.71. The van der Waals surface area contributed by atoms with E-state index in [4.69, 9.17) is 0 Å². The van der Waals surface area contributed by atoms with Crippen molar-refractivity contribution in [3.8, 4) is 17.1 Å². The van der Waals surface area contributed by atoms with Gasteiger partial charge in [-0.3, -0.25) is 9.13 Å². The number of rotatable bonds is 2. The highest BCUT2D eigenvalue weighted by Gasteiger charge is 2.17. The second-order valence-electron chi connectivity index (χ2n) is 4.71. The Morgan fingerprint density at radius 3 is 2.74 bits per heavy atom. The van der Waals surface area contributed by atoms with Gasteiger partial charge < -0.3 is 0 Å². The zero-order valence-corrected chi connectivity index (χ0v) is 11.2. The Labute approximate surface area is 113 Å². The molecule has 0 bridgehead atoms. The van der Waals surface area contributed by atoms with Crippen LogP contribution in [0.15, 0.2) is 49.2 Å². The van der Waals surface area contributed by atoms with Gasteiger partial charge in [-0.1, -0.05) is 29.8 Å². The van der Waals surface area contributed by atoms with Crippen LogP contribution in [0.3, 0.4) is 0 Å². The summed E-state index contributed by atoms with van der Waals surface area (Å²) in [4.78, 5) is 0. The molecule has 2 heteroatoms. The highest BCUT2D eigenvalue weighted by molar-refractivity contribution is 5.69. The van der Waals surface area contributed by atoms with Crippen molar-refractivity contribution in [2.24, 2.45) is 7.05 Å². The first-order valence-corrected chi connectivity index (χ1v) is 6.33. The summed E-state index contributed by atoms with van der Waals surface area (Å²) in [5.41, 5.74) is 4.59. The fourth-order valence-corrected chi connectivity index (χ4v) is 2.47. The number of benzene rings is 1. The van der Waals surface area contributed by atoms with Gasteiger partial charge >= 0.3 is 0 Å². The van der Waals surface area contributed by atoms with E-state index in [0.29, 0.717) is 0 Å². The molecule has 2 heterocycles. The van der Waals surface area contributed by atoms with Crippen molar-refractivity contribution in [3.63, 3.8) is 0 Å². The summed E-state index contributed by atoms with van der Waals surface area (Å²) >= 11 is 0. The van der Waals surface area contributed by atoms with E-state index in [1.807, 2.05) is 12.1 Å². The largest absolute Gasteiger partial charge is 0.298 e. The van der Waals surface area contributed by atoms with Crippen LogP contribution in [0.25, 0.3) is 23.2 Å². The van der Waals surface area contributed by atoms with Crippen LogP contribution >= 0.6 is 0 Å². The van der Waals surface area contributed by atoms with Crippen LogP contribution in [0.5, 0.6) is 0 Å². The van der Waals surface area contributed by atoms with Gasteiger partial charge in [0.05, 0.1) is 25.1 Å². The van der Waals surface area contributed by atoms with E-state index in [9.17, 15) is 0 Å². The van der Waals surface area contributed by atoms with E-state index >= 15 is 0 Å². The molecule has 0 radical (unpaired) electrons. The lowest BCUT2D eigenvalue weighted by Crippen LogP contribution is -2.33. The molecule has 0 unspecified atom stereocenters. The van der Waals surface area contributed by atoms with E-state index in [2.05, 4.69) is 72.4 Å². The van der Waals surface area contributed by atoms with Crippen LogP contribution in [0, 0.1) is 13.1 Å². The molecule has 0 amide bonds. The summed E-state index contributed by atoms with van der Waals surface area (Å²) in [6.45, 7) is 6.00. The smallest absolute Gasteiger partial charge is 0.196 e. The topological polar surface area (TPSA) is 8.81 Å². The Kier molecular flexibility index (Phi) is 2.71. The van der Waals surface area contributed by atoms with Crippen LogP contribution in [0.1, 0.15) is 11.1 Å². The van der Waals surface area contributed by atoms with Crippen molar-refractivity contribution in [1.82, 2.24) is 4.57 Å². The molecule has 0 saturated carbocycles. The van der Waals surface area contributed by atoms with Crippen LogP contribution in [0.2, 0.25) is 0 Å². The zero-order chi connectivity index (χ0) is 13.4. The molecule has 19 heavy (non-hydrogen) atoms. The van der Waals surface area contributed by atoms with Gasteiger partial charge in [0.15, 0.2) is 5.82 Å². The van der Waals surface area contributed by atoms with Crippen molar-refractivity contribution in [1.29, 1.82) is 0 Å². The molecule has 2 aliphatic rings. The molecule has 3 rings (SSSR count). The van der Waals surface area contributed by atoms with Gasteiger partial charge in [0.25, 0.3) is 0 Å². The number of hydrogen-bond donors (Lipinski definition) is 0. The molecule has 0 N–H and O–H groups in total. The molecule has 1 aromatic carbocycles. The molecule has 0 aliphatic carbocycles. The Bertz CT molecular complexity index is 722. The van der Waals surface area contributed by atoms with Crippen molar-refractivity contribution in [2.75, 3.05) is 0 Å². The van der Waals surface area contributed by atoms with E-state index < -0.39 is 0 Å². The number of hydrogen-bond acceptors (Lipinski definition) is 0. The molecule has 2 nitrogen and oxygen atoms in total. The maximum Gasteiger partial charge on any atom is 0.196 e. The fourth-order valence-electron chi connectivity index (χ4n) is 2.47. The van der Waals surface area contributed by atoms with Gasteiger partial charge in [0.2, 0.25) is 0 Å². The third-order valence-electron chi connectivity index (χ3n) is 3.44. The Balaban J connectivity index is 2.36. The Morgan fingerprint density at radius 2 is 2.00 bits per heavy atom. The van der Waals surface area contributed by atoms with E-state index in [1.165, 1.54) is 11.1 Å². The first-order chi connectivity index (χ1) is 9.22. The van der Waals surface area contributed by atoms with Gasteiger partial charge in [-0.05, 0) is 30.2 Å². The number of nitrogens with zero attached hydrogens (tertiary/aromatic N) is 2. The summed E-state index contributed by atoms with van der Waals surface area (Å²) in [6.07, 6.45) is 7.33. The van der Waals surface area contributed by atoms with Crippen LogP contribution < -0.4 is 4.57 Å². The molecule has 1 aromatic rings. The standard InChI is InChI=1S/C17H16N2/c1-4-14-12-19(16-10-6-5-8-13(16)2)17-15(14)9-7-11-18(17)3/h4-11H,1H2,2-3H3. The third-order valence-corrected chi connectivity index (χ3v) is 3.44. The molecule has 0 atom stereocenters. The fraction of sp³-hybridized carbons (Fsp3) is 0.118. The summed E-state index contributed by atoms with van der Waals surface area (Å²) in [5, 5.41) is 0. The maximum atomic E-state index is 3.89. The molecular weight excluding hydrogens is 232 g/mol. The number of aromatic nitrogens is 2. The molecule has 0 saturated heterocycles. The Morgan fingerprint density at radius 1 is 1.21 bits per heavy atom. The number of fused-ring (bicyclic) bond motifs is 1. The lowest BCUT2D eigenvalue weighted by atomic mass is 10.1. The van der Waals surface area contributed by atoms with E-state index in [0.717, 1.165) is 17.1 Å². The van der Waals surface area contributed by atoms with Crippen molar-refractivity contribution < 1.29 is 4.57 Å². The maximum absolute atomic E-state index is 3.89. The van der Waals surface area contributed by atoms with Crippen molar-refractivity contribution in [3.05, 3.63) is 66.5 Å². The van der Waals surface area contributed by atoms with Crippen LogP contribution in [0.4, 0.5) is 0 Å². The summed E-state index contributed by atoms with van der Waals surface area (Å²) in [6, 6.07) is 12.5. The lowest BCUT2D eigenvalue weighted by Gasteiger charge is -2.12. The zero-order valence-electron chi connectivity index (χ0n) is 11.2. The van der Waals surface area contributed by atoms with Gasteiger partial charge in [0.1, 0.15) is 0 Å². The monoisotopic (exact) mass is 248 g/mol. The van der Waals surface area contributed by atoms with E-state index in [-0.39, 0.29) is 0 Å². The van der Waals surface area contributed by atoms with Gasteiger partial charge in [-0.15, -0.1) is 12.7 Å². The molecular formula is C17H16N2. The highest BCUT2D eigenvalue weighted by Crippen LogP contribution is 2.25. The third kappa shape index (κ3) is 1.76. The van der Waals surface area contributed by atoms with Crippen LogP contribution in [-0.2, 0) is 7.05 Å². The lowest BCUT2D eigenvalue weighted by molar-refractivity contribution is -0.589. The molecule has 0 spiro atoms. The summed E-state index contributed by atoms with van der Waals surface area (Å²) < 4.78 is 4.23. The van der Waals surface area contributed by atoms with Crippen molar-refractivity contribution >= 4 is 6.08 Å². The summed E-state index contributed by atoms with van der Waals surface area (Å²) in [5.74, 6) is 1.13. The van der Waals surface area contributed by atoms with Gasteiger partial charge in [0, 0.05) is 0 Å². The van der Waals surface area contributed by atoms with Crippen molar-refractivity contribution in [2.45, 2.75) is 6.92 Å². The highest BCUT2D eigenvalue weighted by atomic mass is 15.1. The average molecular weight is 248 g/mol. The number of para-hydroxylation sites is 1. The average Bonchev–Trinajstić information content (AvgIpc) is 2.79. The molecule has 94 valence electrons. The SMILES string of the molecule is C=Cc1[c-][n+](-c2ccccc2C)c2n(C)cccc1-2.